The molecule has 1 heterocycles. The minimum Gasteiger partial charge on any atom is -0.425 e. The third-order valence-electron chi connectivity index (χ3n) is 4.99. The third kappa shape index (κ3) is 3.07. The third-order valence-corrected chi connectivity index (χ3v) is 4.99. The van der Waals surface area contributed by atoms with Crippen LogP contribution in [0.3, 0.4) is 0 Å². The smallest absolute Gasteiger partial charge is 0.331 e. The van der Waals surface area contributed by atoms with Crippen molar-refractivity contribution in [3.63, 3.8) is 0 Å². The monoisotopic (exact) mass is 371 g/mol. The maximum Gasteiger partial charge on any atom is 0.331 e. The van der Waals surface area contributed by atoms with E-state index < -0.39 is 0 Å². The summed E-state index contributed by atoms with van der Waals surface area (Å²) >= 11 is 0. The molecule has 0 saturated carbocycles. The van der Waals surface area contributed by atoms with E-state index in [9.17, 15) is 9.59 Å². The highest BCUT2D eigenvalue weighted by molar-refractivity contribution is 5.94. The van der Waals surface area contributed by atoms with Gasteiger partial charge in [0.2, 0.25) is 0 Å². The van der Waals surface area contributed by atoms with Crippen molar-refractivity contribution in [1.29, 1.82) is 0 Å². The highest BCUT2D eigenvalue weighted by Gasteiger charge is 2.15. The van der Waals surface area contributed by atoms with Crippen LogP contribution in [0.15, 0.2) is 65.5 Å². The second kappa shape index (κ2) is 6.97. The minimum atomic E-state index is -0.367. The average molecular weight is 371 g/mol. The first-order valence-electron chi connectivity index (χ1n) is 9.24. The van der Waals surface area contributed by atoms with Gasteiger partial charge in [-0.1, -0.05) is 42.0 Å². The van der Waals surface area contributed by atoms with E-state index in [4.69, 9.17) is 4.74 Å². The first-order valence-corrected chi connectivity index (χ1v) is 9.24. The number of ether oxygens (including phenoxy) is 1. The number of para-hydroxylation sites is 2. The van der Waals surface area contributed by atoms with Crippen LogP contribution in [0.2, 0.25) is 0 Å². The summed E-state index contributed by atoms with van der Waals surface area (Å²) in [5.74, 6) is 0.235. The molecule has 0 aliphatic rings. The molecule has 0 amide bonds. The molecule has 4 rings (SSSR count). The van der Waals surface area contributed by atoms with Crippen molar-refractivity contribution in [2.24, 2.45) is 0 Å². The molecule has 0 aliphatic heterocycles. The van der Waals surface area contributed by atoms with Crippen LogP contribution in [0.4, 0.5) is 0 Å². The van der Waals surface area contributed by atoms with E-state index in [1.807, 2.05) is 73.9 Å². The zero-order valence-corrected chi connectivity index (χ0v) is 16.2. The normalized spacial score (nSPS) is 11.1. The number of carbonyl (C=O) groups is 1. The number of carbonyl (C=O) groups excluding carboxylic acids is 1. The lowest BCUT2D eigenvalue weighted by Gasteiger charge is -2.16. The molecule has 0 radical (unpaired) electrons. The van der Waals surface area contributed by atoms with Crippen LogP contribution in [0.1, 0.15) is 16.7 Å². The SMILES string of the molecule is Cc1cc(C)c(OC(=O)Cn2c3ccccc3c(=O)c3ccccc32)c(C)c1. The van der Waals surface area contributed by atoms with Crippen LogP contribution in [0, 0.1) is 20.8 Å². The zero-order valence-electron chi connectivity index (χ0n) is 16.2. The predicted octanol–water partition coefficient (Wildman–Crippen LogP) is 4.69. The number of nitrogens with zero attached hydrogens (tertiary/aromatic N) is 1. The summed E-state index contributed by atoms with van der Waals surface area (Å²) in [6, 6.07) is 18.7. The minimum absolute atomic E-state index is 0.0219. The largest absolute Gasteiger partial charge is 0.425 e. The van der Waals surface area contributed by atoms with Gasteiger partial charge in [-0.3, -0.25) is 4.79 Å². The van der Waals surface area contributed by atoms with Gasteiger partial charge in [0.25, 0.3) is 0 Å². The zero-order chi connectivity index (χ0) is 19.8. The molecule has 28 heavy (non-hydrogen) atoms. The number of fused-ring (bicyclic) bond motifs is 2. The number of hydrogen-bond donors (Lipinski definition) is 0. The van der Waals surface area contributed by atoms with Crippen LogP contribution in [-0.2, 0) is 11.3 Å². The lowest BCUT2D eigenvalue weighted by Crippen LogP contribution is -2.20. The molecule has 0 atom stereocenters. The summed E-state index contributed by atoms with van der Waals surface area (Å²) < 4.78 is 7.58. The fourth-order valence-electron chi connectivity index (χ4n) is 3.85. The molecule has 0 saturated heterocycles. The summed E-state index contributed by atoms with van der Waals surface area (Å²) in [7, 11) is 0. The van der Waals surface area contributed by atoms with Crippen LogP contribution in [0.5, 0.6) is 5.75 Å². The lowest BCUT2D eigenvalue weighted by molar-refractivity contribution is -0.135. The number of rotatable bonds is 3. The van der Waals surface area contributed by atoms with E-state index in [0.717, 1.165) is 27.7 Å². The number of hydrogen-bond acceptors (Lipinski definition) is 3. The Balaban J connectivity index is 1.80. The number of aromatic nitrogens is 1. The molecule has 3 aromatic carbocycles. The van der Waals surface area contributed by atoms with Crippen molar-refractivity contribution in [2.75, 3.05) is 0 Å². The van der Waals surface area contributed by atoms with Crippen molar-refractivity contribution in [3.8, 4) is 5.75 Å². The van der Waals surface area contributed by atoms with Crippen molar-refractivity contribution in [3.05, 3.63) is 87.6 Å². The number of esters is 1. The van der Waals surface area contributed by atoms with Gasteiger partial charge in [-0.05, 0) is 56.2 Å². The number of pyridine rings is 1. The van der Waals surface area contributed by atoms with E-state index in [0.29, 0.717) is 16.5 Å². The van der Waals surface area contributed by atoms with Gasteiger partial charge < -0.3 is 9.30 Å². The standard InChI is InChI=1S/C24H21NO3/c1-15-12-16(2)24(17(3)13-15)28-22(26)14-25-20-10-6-4-8-18(20)23(27)19-9-5-7-11-21(19)25/h4-13H,14H2,1-3H3. The Morgan fingerprint density at radius 3 is 1.89 bits per heavy atom. The molecule has 140 valence electrons. The van der Waals surface area contributed by atoms with E-state index in [1.54, 1.807) is 12.1 Å². The molecule has 0 unspecified atom stereocenters. The van der Waals surface area contributed by atoms with E-state index >= 15 is 0 Å². The Labute approximate surface area is 163 Å². The molecular formula is C24H21NO3. The van der Waals surface area contributed by atoms with Crippen LogP contribution in [0.25, 0.3) is 21.8 Å². The summed E-state index contributed by atoms with van der Waals surface area (Å²) in [6.45, 7) is 5.91. The van der Waals surface area contributed by atoms with Gasteiger partial charge in [-0.25, -0.2) is 4.79 Å². The van der Waals surface area contributed by atoms with Gasteiger partial charge >= 0.3 is 5.97 Å². The summed E-state index contributed by atoms with van der Waals surface area (Å²) in [4.78, 5) is 25.6. The predicted molar refractivity (Wildman–Crippen MR) is 112 cm³/mol. The molecule has 4 nitrogen and oxygen atoms in total. The van der Waals surface area contributed by atoms with Crippen LogP contribution in [-0.4, -0.2) is 10.5 Å². The van der Waals surface area contributed by atoms with Gasteiger partial charge in [0, 0.05) is 10.8 Å². The Morgan fingerprint density at radius 1 is 0.857 bits per heavy atom. The molecule has 0 aliphatic carbocycles. The van der Waals surface area contributed by atoms with E-state index in [2.05, 4.69) is 0 Å². The van der Waals surface area contributed by atoms with Crippen molar-refractivity contribution >= 4 is 27.8 Å². The van der Waals surface area contributed by atoms with Gasteiger partial charge in [0.15, 0.2) is 5.43 Å². The van der Waals surface area contributed by atoms with E-state index in [-0.39, 0.29) is 17.9 Å². The van der Waals surface area contributed by atoms with Crippen molar-refractivity contribution in [2.45, 2.75) is 27.3 Å². The summed E-state index contributed by atoms with van der Waals surface area (Å²) in [5.41, 5.74) is 4.41. The second-order valence-corrected chi connectivity index (χ2v) is 7.15. The maximum atomic E-state index is 12.8. The van der Waals surface area contributed by atoms with Crippen molar-refractivity contribution in [1.82, 2.24) is 4.57 Å². The summed E-state index contributed by atoms with van der Waals surface area (Å²) in [5, 5.41) is 1.19. The Bertz CT molecular complexity index is 1200. The fourth-order valence-corrected chi connectivity index (χ4v) is 3.85. The maximum absolute atomic E-state index is 12.8. The average Bonchev–Trinajstić information content (AvgIpc) is 2.68. The van der Waals surface area contributed by atoms with Crippen LogP contribution >= 0.6 is 0 Å². The number of aryl methyl sites for hydroxylation is 3. The highest BCUT2D eigenvalue weighted by atomic mass is 16.5. The molecular weight excluding hydrogens is 350 g/mol. The number of benzene rings is 3. The Hall–Kier alpha value is -3.40. The topological polar surface area (TPSA) is 48.3 Å². The molecule has 0 N–H and O–H groups in total. The van der Waals surface area contributed by atoms with E-state index in [1.165, 1.54) is 0 Å². The van der Waals surface area contributed by atoms with Crippen LogP contribution < -0.4 is 10.2 Å². The Kier molecular flexibility index (Phi) is 4.47. The molecule has 1 aromatic heterocycles. The second-order valence-electron chi connectivity index (χ2n) is 7.15. The highest BCUT2D eigenvalue weighted by Crippen LogP contribution is 2.25. The van der Waals surface area contributed by atoms with Gasteiger partial charge in [0.1, 0.15) is 12.3 Å². The quantitative estimate of drug-likeness (QED) is 0.298. The fraction of sp³-hybridized carbons (Fsp3) is 0.167. The van der Waals surface area contributed by atoms with Gasteiger partial charge in [-0.15, -0.1) is 0 Å². The lowest BCUT2D eigenvalue weighted by atomic mass is 10.1. The molecule has 0 spiro atoms. The summed E-state index contributed by atoms with van der Waals surface area (Å²) in [6.07, 6.45) is 0. The molecule has 4 heteroatoms. The Morgan fingerprint density at radius 2 is 1.36 bits per heavy atom. The molecule has 0 bridgehead atoms. The molecule has 4 aromatic rings. The molecule has 0 fully saturated rings. The van der Waals surface area contributed by atoms with Crippen molar-refractivity contribution < 1.29 is 9.53 Å². The first kappa shape index (κ1) is 18.0. The van der Waals surface area contributed by atoms with Gasteiger partial charge in [0.05, 0.1) is 11.0 Å². The first-order chi connectivity index (χ1) is 13.5. The van der Waals surface area contributed by atoms with Gasteiger partial charge in [-0.2, -0.15) is 0 Å².